The number of imidazole rings is 1. The first-order chi connectivity index (χ1) is 26.0. The van der Waals surface area contributed by atoms with Gasteiger partial charge in [0.15, 0.2) is 9.84 Å². The van der Waals surface area contributed by atoms with E-state index in [9.17, 15) is 32.4 Å². The fourth-order valence-corrected chi connectivity index (χ4v) is 7.92. The van der Waals surface area contributed by atoms with Gasteiger partial charge >= 0.3 is 5.97 Å². The number of amides is 1. The number of carboxylic acids is 1. The number of carbonyl (C=O) groups excluding carboxylic acids is 4. The van der Waals surface area contributed by atoms with Crippen molar-refractivity contribution < 1.29 is 37.5 Å². The molecule has 0 bridgehead atoms. The van der Waals surface area contributed by atoms with Crippen molar-refractivity contribution in [1.82, 2.24) is 15.3 Å². The third-order valence-electron chi connectivity index (χ3n) is 9.75. The van der Waals surface area contributed by atoms with Crippen LogP contribution in [0.25, 0.3) is 0 Å². The van der Waals surface area contributed by atoms with Gasteiger partial charge in [-0.15, -0.1) is 5.10 Å². The van der Waals surface area contributed by atoms with Gasteiger partial charge in [0.2, 0.25) is 5.91 Å². The monoisotopic (exact) mass is 776 g/mol. The van der Waals surface area contributed by atoms with Crippen molar-refractivity contribution in [2.45, 2.75) is 161 Å². The quantitative estimate of drug-likeness (QED) is 0.0468. The van der Waals surface area contributed by atoms with Crippen LogP contribution in [0, 0.1) is 5.92 Å². The van der Waals surface area contributed by atoms with Crippen molar-refractivity contribution >= 4 is 44.8 Å². The number of nitrogens with one attached hydrogen (secondary N) is 2. The van der Waals surface area contributed by atoms with E-state index in [4.69, 9.17) is 5.11 Å². The van der Waals surface area contributed by atoms with Crippen LogP contribution in [-0.2, 0) is 40.2 Å². The molecule has 2 heterocycles. The van der Waals surface area contributed by atoms with E-state index in [0.717, 1.165) is 37.1 Å². The van der Waals surface area contributed by atoms with E-state index in [1.54, 1.807) is 6.20 Å². The molecule has 1 aliphatic rings. The maximum absolute atomic E-state index is 12.5. The molecule has 1 atom stereocenters. The van der Waals surface area contributed by atoms with Gasteiger partial charge < -0.3 is 15.4 Å². The number of sulfone groups is 1. The van der Waals surface area contributed by atoms with Crippen molar-refractivity contribution in [3.63, 3.8) is 0 Å². The van der Waals surface area contributed by atoms with Crippen LogP contribution in [-0.4, -0.2) is 83.0 Å². The Morgan fingerprint density at radius 3 is 2.02 bits per heavy atom. The molecular weight excluding hydrogens is 713 g/mol. The van der Waals surface area contributed by atoms with Gasteiger partial charge in [-0.1, -0.05) is 77.0 Å². The smallest absolute Gasteiger partial charge is 0.310 e. The van der Waals surface area contributed by atoms with E-state index in [-0.39, 0.29) is 55.3 Å². The fraction of sp³-hybridized carbons (Fsp3) is 0.769. The Hall–Kier alpha value is -3.62. The second kappa shape index (κ2) is 28.8. The highest BCUT2D eigenvalue weighted by molar-refractivity contribution is 7.92. The summed E-state index contributed by atoms with van der Waals surface area (Å²) in [5.74, 6) is -3.41. The molecule has 0 fully saturated rings. The van der Waals surface area contributed by atoms with E-state index in [1.807, 2.05) is 0 Å². The molecule has 1 aromatic heterocycles. The van der Waals surface area contributed by atoms with Crippen molar-refractivity contribution in [2.24, 2.45) is 21.4 Å². The minimum Gasteiger partial charge on any atom is -0.481 e. The standard InChI is InChI=1S/C39H64N6O8S/c46-35(24-22-33-28-40-31-42-33)23-21-32(37(48)27-39(50)51)17-14-15-25-41-38(49)20-16-26-54(52,53)30-36(47)19-13-11-9-7-5-3-1-2-4-6-8-10-12-18-34-29-43-45-44-34/h28,31-32H,1-27,29-30H2,(H,40,42)(H,41,49)(H,50,51)/t32-/m1/s1. The molecule has 54 heavy (non-hydrogen) atoms. The molecule has 14 nitrogen and oxygen atoms in total. The topological polar surface area (TPSA) is 218 Å². The molecule has 0 aromatic carbocycles. The Morgan fingerprint density at radius 2 is 1.41 bits per heavy atom. The van der Waals surface area contributed by atoms with Gasteiger partial charge in [0.25, 0.3) is 0 Å². The van der Waals surface area contributed by atoms with Gasteiger partial charge in [0.1, 0.15) is 36.1 Å². The Morgan fingerprint density at radius 1 is 0.741 bits per heavy atom. The minimum absolute atomic E-state index is 0.00639. The minimum atomic E-state index is -3.58. The summed E-state index contributed by atoms with van der Waals surface area (Å²) < 4.78 is 24.9. The number of aromatic nitrogens is 2. The molecule has 304 valence electrons. The van der Waals surface area contributed by atoms with Gasteiger partial charge in [-0.25, -0.2) is 13.4 Å². The summed E-state index contributed by atoms with van der Waals surface area (Å²) in [4.78, 5) is 67.3. The van der Waals surface area contributed by atoms with Crippen molar-refractivity contribution in [3.8, 4) is 0 Å². The summed E-state index contributed by atoms with van der Waals surface area (Å²) in [5.41, 5.74) is 1.95. The third-order valence-corrected chi connectivity index (χ3v) is 11.4. The number of hydrogen-bond donors (Lipinski definition) is 3. The lowest BCUT2D eigenvalue weighted by atomic mass is 9.89. The number of nitrogens with zero attached hydrogens (tertiary/aromatic N) is 4. The largest absolute Gasteiger partial charge is 0.481 e. The number of hydrogen-bond acceptors (Lipinski definition) is 11. The van der Waals surface area contributed by atoms with Gasteiger partial charge in [-0.3, -0.25) is 24.0 Å². The fourth-order valence-electron chi connectivity index (χ4n) is 6.55. The van der Waals surface area contributed by atoms with Crippen LogP contribution in [0.4, 0.5) is 0 Å². The maximum Gasteiger partial charge on any atom is 0.310 e. The number of ketones is 3. The summed E-state index contributed by atoms with van der Waals surface area (Å²) in [7, 11) is -3.58. The lowest BCUT2D eigenvalue weighted by Crippen LogP contribution is -2.26. The SMILES string of the molecule is O=C(O)CC(=O)[C@H](CCCCNC(=O)CCCS(=O)(=O)CC(=O)CCCCCCCCCCCCCCCC1=NN=NC1)CCC(=O)CCc1cnc[nH]1. The van der Waals surface area contributed by atoms with Crippen LogP contribution in [0.3, 0.4) is 0 Å². The summed E-state index contributed by atoms with van der Waals surface area (Å²) >= 11 is 0. The number of unbranched alkanes of at least 4 members (excludes halogenated alkanes) is 13. The van der Waals surface area contributed by atoms with Crippen molar-refractivity contribution in [3.05, 3.63) is 18.2 Å². The van der Waals surface area contributed by atoms with Crippen molar-refractivity contribution in [2.75, 3.05) is 24.6 Å². The number of aromatic amines is 1. The zero-order valence-electron chi connectivity index (χ0n) is 32.2. The number of carboxylic acid groups (broad SMARTS) is 1. The van der Waals surface area contributed by atoms with Crippen LogP contribution >= 0.6 is 0 Å². The van der Waals surface area contributed by atoms with Crippen LogP contribution in [0.15, 0.2) is 28.0 Å². The van der Waals surface area contributed by atoms with Gasteiger partial charge in [-0.2, -0.15) is 5.11 Å². The number of aliphatic carboxylic acids is 1. The second-order valence-corrected chi connectivity index (χ2v) is 16.8. The first-order valence-corrected chi connectivity index (χ1v) is 22.0. The summed E-state index contributed by atoms with van der Waals surface area (Å²) in [5, 5.41) is 23.3. The van der Waals surface area contributed by atoms with Gasteiger partial charge in [0, 0.05) is 50.0 Å². The van der Waals surface area contributed by atoms with Crippen LogP contribution in [0.5, 0.6) is 0 Å². The third kappa shape index (κ3) is 24.6. The van der Waals surface area contributed by atoms with E-state index >= 15 is 0 Å². The predicted molar refractivity (Wildman–Crippen MR) is 208 cm³/mol. The number of aryl methyl sites for hydroxylation is 1. The molecule has 0 unspecified atom stereocenters. The Balaban J connectivity index is 1.43. The summed E-state index contributed by atoms with van der Waals surface area (Å²) in [6.07, 6.45) is 21.9. The molecular formula is C39H64N6O8S. The Kier molecular flexibility index (Phi) is 24.8. The average Bonchev–Trinajstić information content (AvgIpc) is 3.84. The number of H-pyrrole nitrogens is 1. The summed E-state index contributed by atoms with van der Waals surface area (Å²) in [6.45, 7) is 1.01. The van der Waals surface area contributed by atoms with E-state index < -0.39 is 39.7 Å². The van der Waals surface area contributed by atoms with Crippen LogP contribution in [0.2, 0.25) is 0 Å². The number of rotatable bonds is 36. The molecule has 15 heteroatoms. The van der Waals surface area contributed by atoms with Gasteiger partial charge in [-0.05, 0) is 56.6 Å². The van der Waals surface area contributed by atoms with Gasteiger partial charge in [0.05, 0.1) is 17.8 Å². The Labute approximate surface area is 321 Å². The highest BCUT2D eigenvalue weighted by Gasteiger charge is 2.22. The van der Waals surface area contributed by atoms with Crippen molar-refractivity contribution in [1.29, 1.82) is 0 Å². The number of carbonyl (C=O) groups is 5. The molecule has 1 amide bonds. The molecule has 0 saturated heterocycles. The first kappa shape index (κ1) is 46.5. The lowest BCUT2D eigenvalue weighted by Gasteiger charge is -2.15. The number of Topliss-reactive ketones (excluding diaryl/α,β-unsaturated/α-hetero) is 3. The molecule has 0 spiro atoms. The molecule has 1 aromatic rings. The first-order valence-electron chi connectivity index (χ1n) is 20.2. The summed E-state index contributed by atoms with van der Waals surface area (Å²) in [6, 6.07) is 0. The predicted octanol–water partition coefficient (Wildman–Crippen LogP) is 7.08. The zero-order chi connectivity index (χ0) is 39.3. The second-order valence-electron chi connectivity index (χ2n) is 14.6. The van der Waals surface area contributed by atoms with E-state index in [2.05, 4.69) is 30.7 Å². The van der Waals surface area contributed by atoms with E-state index in [0.29, 0.717) is 51.6 Å². The van der Waals surface area contributed by atoms with Crippen LogP contribution in [0.1, 0.15) is 160 Å². The van der Waals surface area contributed by atoms with Crippen LogP contribution < -0.4 is 5.32 Å². The highest BCUT2D eigenvalue weighted by Crippen LogP contribution is 2.19. The maximum atomic E-state index is 12.5. The zero-order valence-corrected chi connectivity index (χ0v) is 33.1. The molecule has 0 radical (unpaired) electrons. The molecule has 0 aliphatic carbocycles. The molecule has 3 N–H and O–H groups in total. The van der Waals surface area contributed by atoms with E-state index in [1.165, 1.54) is 64.1 Å². The lowest BCUT2D eigenvalue weighted by molar-refractivity contribution is -0.141. The molecule has 2 rings (SSSR count). The Bertz CT molecular complexity index is 1430. The molecule has 1 aliphatic heterocycles. The molecule has 0 saturated carbocycles. The average molecular weight is 777 g/mol. The normalized spacial score (nSPS) is 13.1. The highest BCUT2D eigenvalue weighted by atomic mass is 32.2.